The van der Waals surface area contributed by atoms with Gasteiger partial charge in [-0.25, -0.2) is 0 Å². The van der Waals surface area contributed by atoms with Gasteiger partial charge in [-0.2, -0.15) is 0 Å². The first kappa shape index (κ1) is 47.6. The van der Waals surface area contributed by atoms with Crippen molar-refractivity contribution in [3.8, 4) is 0 Å². The van der Waals surface area contributed by atoms with Crippen LogP contribution in [0.1, 0.15) is 181 Å². The highest BCUT2D eigenvalue weighted by molar-refractivity contribution is 8.04. The van der Waals surface area contributed by atoms with Crippen LogP contribution in [0.15, 0.2) is 174 Å². The van der Waals surface area contributed by atoms with Crippen LogP contribution in [-0.2, 0) is 0 Å². The molecule has 2 saturated carbocycles. The number of rotatable bonds is 8. The molecule has 2 fully saturated rings. The molecule has 0 spiro atoms. The highest BCUT2D eigenvalue weighted by Crippen LogP contribution is 2.67. The van der Waals surface area contributed by atoms with Crippen molar-refractivity contribution in [2.24, 2.45) is 52.8 Å². The highest BCUT2D eigenvalue weighted by atomic mass is 32.2. The van der Waals surface area contributed by atoms with Crippen LogP contribution >= 0.6 is 23.5 Å². The third kappa shape index (κ3) is 7.81. The first-order chi connectivity index (χ1) is 36.4. The van der Waals surface area contributed by atoms with Gasteiger partial charge < -0.3 is 9.80 Å². The lowest BCUT2D eigenvalue weighted by Gasteiger charge is -2.59. The number of thioether (sulfide) groups is 2. The van der Waals surface area contributed by atoms with Crippen LogP contribution in [0.25, 0.3) is 0 Å². The lowest BCUT2D eigenvalue weighted by molar-refractivity contribution is 0.0792. The average molecular weight is 1020 g/mol. The van der Waals surface area contributed by atoms with Gasteiger partial charge in [-0.15, -0.1) is 23.5 Å². The van der Waals surface area contributed by atoms with Crippen molar-refractivity contribution in [2.75, 3.05) is 0 Å². The summed E-state index contributed by atoms with van der Waals surface area (Å²) in [6.45, 7) is 8.00. The molecule has 2 nitrogen and oxygen atoms in total. The van der Waals surface area contributed by atoms with E-state index in [0.717, 1.165) is 29.9 Å². The van der Waals surface area contributed by atoms with Crippen molar-refractivity contribution in [2.45, 2.75) is 198 Å². The smallest absolute Gasteiger partial charge is 0.0644 e. The van der Waals surface area contributed by atoms with Crippen LogP contribution in [0.4, 0.5) is 0 Å². The maximum atomic E-state index is 3.18. The molecular formula is C70H84N2S2. The fourth-order valence-electron chi connectivity index (χ4n) is 18.6. The summed E-state index contributed by atoms with van der Waals surface area (Å²) in [6, 6.07) is 0.513. The van der Waals surface area contributed by atoms with Crippen LogP contribution in [0.5, 0.6) is 0 Å². The number of hydrogen-bond donors (Lipinski definition) is 0. The van der Waals surface area contributed by atoms with Crippen LogP contribution in [-0.4, -0.2) is 26.3 Å². The average Bonchev–Trinajstić information content (AvgIpc) is 4.04. The predicted molar refractivity (Wildman–Crippen MR) is 313 cm³/mol. The van der Waals surface area contributed by atoms with Gasteiger partial charge in [0.2, 0.25) is 0 Å². The van der Waals surface area contributed by atoms with Crippen molar-refractivity contribution in [3.05, 3.63) is 174 Å². The predicted octanol–water partition coefficient (Wildman–Crippen LogP) is 19.1. The van der Waals surface area contributed by atoms with E-state index in [2.05, 4.69) is 139 Å². The minimum Gasteiger partial charge on any atom is -0.341 e. The summed E-state index contributed by atoms with van der Waals surface area (Å²) in [6.07, 6.45) is 68.2. The van der Waals surface area contributed by atoms with Crippen LogP contribution < -0.4 is 0 Å². The summed E-state index contributed by atoms with van der Waals surface area (Å²) in [5.41, 5.74) is 24.0. The Kier molecular flexibility index (Phi) is 12.3. The first-order valence-electron chi connectivity index (χ1n) is 30.8. The van der Waals surface area contributed by atoms with E-state index in [1.165, 1.54) is 148 Å². The summed E-state index contributed by atoms with van der Waals surface area (Å²) in [7, 11) is 0. The maximum Gasteiger partial charge on any atom is 0.0644 e. The van der Waals surface area contributed by atoms with Crippen LogP contribution in [0, 0.1) is 52.8 Å². The Morgan fingerprint density at radius 1 is 0.662 bits per heavy atom. The lowest BCUT2D eigenvalue weighted by atomic mass is 9.48. The molecule has 15 rings (SSSR count). The summed E-state index contributed by atoms with van der Waals surface area (Å²) in [5.74, 6) is 5.30. The molecule has 0 aromatic rings. The van der Waals surface area contributed by atoms with E-state index in [1.807, 2.05) is 16.1 Å². The Balaban J connectivity index is 0.884. The van der Waals surface area contributed by atoms with Gasteiger partial charge in [-0.1, -0.05) is 112 Å². The van der Waals surface area contributed by atoms with E-state index in [0.29, 0.717) is 46.8 Å². The molecule has 11 atom stereocenters. The zero-order valence-electron chi connectivity index (χ0n) is 45.3. The second-order valence-corrected chi connectivity index (χ2v) is 29.0. The zero-order valence-corrected chi connectivity index (χ0v) is 47.0. The fourth-order valence-corrected chi connectivity index (χ4v) is 22.1. The molecule has 0 bridgehead atoms. The van der Waals surface area contributed by atoms with Gasteiger partial charge in [-0.05, 0) is 251 Å². The molecule has 0 aromatic carbocycles. The summed E-state index contributed by atoms with van der Waals surface area (Å²) in [5, 5.41) is 1.44. The summed E-state index contributed by atoms with van der Waals surface area (Å²) >= 11 is 4.64. The van der Waals surface area contributed by atoms with Gasteiger partial charge in [0.25, 0.3) is 0 Å². The van der Waals surface area contributed by atoms with E-state index < -0.39 is 0 Å². The molecule has 4 heteroatoms. The largest absolute Gasteiger partial charge is 0.341 e. The van der Waals surface area contributed by atoms with E-state index in [9.17, 15) is 0 Å². The van der Waals surface area contributed by atoms with Gasteiger partial charge in [-0.3, -0.25) is 0 Å². The van der Waals surface area contributed by atoms with Gasteiger partial charge in [0, 0.05) is 49.0 Å². The van der Waals surface area contributed by atoms with E-state index in [-0.39, 0.29) is 5.41 Å². The third-order valence-electron chi connectivity index (χ3n) is 22.2. The van der Waals surface area contributed by atoms with E-state index in [1.54, 1.807) is 72.4 Å². The van der Waals surface area contributed by atoms with Crippen molar-refractivity contribution >= 4 is 23.5 Å². The van der Waals surface area contributed by atoms with Crippen molar-refractivity contribution in [3.63, 3.8) is 0 Å². The van der Waals surface area contributed by atoms with E-state index in [4.69, 9.17) is 0 Å². The Morgan fingerprint density at radius 2 is 1.59 bits per heavy atom. The van der Waals surface area contributed by atoms with E-state index >= 15 is 0 Å². The number of nitrogens with zero attached hydrogens (tertiary/aromatic N) is 2. The zero-order chi connectivity index (χ0) is 49.2. The van der Waals surface area contributed by atoms with Gasteiger partial charge in [0.1, 0.15) is 0 Å². The Bertz CT molecular complexity index is 2900. The molecule has 0 N–H and O–H groups in total. The summed E-state index contributed by atoms with van der Waals surface area (Å²) < 4.78 is 0. The molecular weight excluding hydrogens is 933 g/mol. The Labute approximate surface area is 454 Å². The molecule has 13 aliphatic carbocycles. The molecule has 15 aliphatic rings. The standard InChI is InChI=1S/C70H84N2S2/c1-43-40-61(71(49-32-28-46(29-33-49)44-16-6-4-7-17-44)59-24-14-22-54-52-20-10-12-26-63(52)73-68(54)59)57-42-58-65-48(38-39-70(58,2)3)41-62(56-37-36-51(43)66(57)67(56)65)72(50-34-30-47(31-35-50)45-18-8-5-9-19-45)60-25-15-23-55-53-21-11-13-27-64(53)74-69(55)60/h5-6,8,13,16-18,25,27,30,32,34,41-43,46,51-53,56,59,63-64,66-67H,4,7,9-12,14-15,19-24,26,28-29,31,33,35-40H2,1-3H3. The van der Waals surface area contributed by atoms with Gasteiger partial charge in [0.15, 0.2) is 0 Å². The molecule has 0 amide bonds. The number of fused-ring (bicyclic) bond motifs is 4. The monoisotopic (exact) mass is 1020 g/mol. The molecule has 2 aliphatic heterocycles. The Hall–Kier alpha value is -3.60. The molecule has 0 aromatic heterocycles. The third-order valence-corrected chi connectivity index (χ3v) is 25.3. The van der Waals surface area contributed by atoms with Crippen LogP contribution in [0.2, 0.25) is 0 Å². The van der Waals surface area contributed by atoms with Crippen molar-refractivity contribution in [1.29, 1.82) is 0 Å². The normalized spacial score (nSPS) is 37.5. The summed E-state index contributed by atoms with van der Waals surface area (Å²) in [4.78, 5) is 9.69. The van der Waals surface area contributed by atoms with Gasteiger partial charge >= 0.3 is 0 Å². The minimum atomic E-state index is 0.167. The molecule has 0 saturated heterocycles. The second kappa shape index (κ2) is 19.1. The molecule has 2 heterocycles. The lowest BCUT2D eigenvalue weighted by Crippen LogP contribution is -2.51. The van der Waals surface area contributed by atoms with Crippen molar-refractivity contribution in [1.82, 2.24) is 9.80 Å². The first-order valence-corrected chi connectivity index (χ1v) is 32.6. The molecule has 0 radical (unpaired) electrons. The minimum absolute atomic E-state index is 0.167. The molecule has 386 valence electrons. The highest BCUT2D eigenvalue weighted by Gasteiger charge is 2.57. The maximum absolute atomic E-state index is 3.18. The second-order valence-electron chi connectivity index (χ2n) is 26.5. The Morgan fingerprint density at radius 3 is 2.45 bits per heavy atom. The SMILES string of the molecule is CC1CC(N(C2=CCC(C3=CCCC=C3)CC2)C2CCCC3=C2SC2CCCCC32)=C2C=C3C4=C(C=C(N(C5=CC=C(C6=CC=CCC6)CC5)C5=CCCC6=C5SC5C=CCCC65)C5CCC1C2C45)CCC3(C)C. The molecule has 11 unspecified atom stereocenters. The molecule has 74 heavy (non-hydrogen) atoms. The van der Waals surface area contributed by atoms with Crippen molar-refractivity contribution < 1.29 is 0 Å². The number of hydrogen-bond acceptors (Lipinski definition) is 4. The van der Waals surface area contributed by atoms with Gasteiger partial charge in [0.05, 0.1) is 11.7 Å². The number of allylic oxidation sites excluding steroid dienone is 26. The topological polar surface area (TPSA) is 6.48 Å². The fraction of sp³-hybridized carbons (Fsp3) is 0.571. The quantitative estimate of drug-likeness (QED) is 0.224. The van der Waals surface area contributed by atoms with Crippen LogP contribution in [0.3, 0.4) is 0 Å².